The first-order chi connectivity index (χ1) is 9.87. The van der Waals surface area contributed by atoms with Crippen molar-refractivity contribution in [3.05, 3.63) is 23.2 Å². The van der Waals surface area contributed by atoms with Crippen LogP contribution in [0, 0.1) is 0 Å². The minimum absolute atomic E-state index is 0.000883. The van der Waals surface area contributed by atoms with E-state index in [0.29, 0.717) is 17.8 Å². The highest BCUT2D eigenvalue weighted by atomic mass is 35.5. The van der Waals surface area contributed by atoms with Crippen molar-refractivity contribution in [3.8, 4) is 11.5 Å². The first-order valence-corrected chi connectivity index (χ1v) is 7.24. The molecule has 2 heterocycles. The molecule has 2 aliphatic rings. The third-order valence-corrected chi connectivity index (χ3v) is 4.03. The number of benzene rings is 1. The number of alkyl halides is 3. The van der Waals surface area contributed by atoms with Crippen LogP contribution in [-0.2, 0) is 0 Å². The molecule has 3 nitrogen and oxygen atoms in total. The molecule has 116 valence electrons. The molecule has 1 aromatic carbocycles. The molecular weight excluding hydrogens is 307 g/mol. The molecule has 0 saturated carbocycles. The Bertz CT molecular complexity index is 511. The van der Waals surface area contributed by atoms with Crippen molar-refractivity contribution in [1.29, 1.82) is 0 Å². The van der Waals surface area contributed by atoms with Crippen LogP contribution in [0.2, 0.25) is 5.02 Å². The molecule has 0 spiro atoms. The zero-order chi connectivity index (χ0) is 15.0. The van der Waals surface area contributed by atoms with E-state index in [9.17, 15) is 13.2 Å². The molecule has 2 unspecified atom stereocenters. The molecule has 2 saturated heterocycles. The zero-order valence-electron chi connectivity index (χ0n) is 11.1. The first-order valence-electron chi connectivity index (χ1n) is 6.86. The molecule has 3 rings (SSSR count). The highest BCUT2D eigenvalue weighted by Crippen LogP contribution is 2.33. The van der Waals surface area contributed by atoms with Crippen LogP contribution in [0.1, 0.15) is 25.7 Å². The highest BCUT2D eigenvalue weighted by Gasteiger charge is 2.35. The summed E-state index contributed by atoms with van der Waals surface area (Å²) in [5, 5.41) is 3.64. The SMILES string of the molecule is FC(F)(F)Oc1cc(Cl)cc(OC2CC3CC[C@@H](C2)N3)c1. The number of ether oxygens (including phenoxy) is 2. The van der Waals surface area contributed by atoms with Crippen LogP contribution in [0.25, 0.3) is 0 Å². The van der Waals surface area contributed by atoms with Gasteiger partial charge in [0, 0.05) is 23.2 Å². The Morgan fingerprint density at radius 2 is 1.67 bits per heavy atom. The van der Waals surface area contributed by atoms with Gasteiger partial charge in [-0.1, -0.05) is 11.6 Å². The van der Waals surface area contributed by atoms with Crippen LogP contribution in [0.5, 0.6) is 11.5 Å². The van der Waals surface area contributed by atoms with E-state index in [1.165, 1.54) is 12.1 Å². The van der Waals surface area contributed by atoms with Gasteiger partial charge < -0.3 is 14.8 Å². The molecule has 3 atom stereocenters. The Kier molecular flexibility index (Phi) is 3.92. The van der Waals surface area contributed by atoms with E-state index in [1.807, 2.05) is 0 Å². The van der Waals surface area contributed by atoms with Gasteiger partial charge in [-0.2, -0.15) is 0 Å². The summed E-state index contributed by atoms with van der Waals surface area (Å²) >= 11 is 5.83. The summed E-state index contributed by atoms with van der Waals surface area (Å²) in [6, 6.07) is 4.74. The highest BCUT2D eigenvalue weighted by molar-refractivity contribution is 6.30. The smallest absolute Gasteiger partial charge is 0.490 e. The number of halogens is 4. The van der Waals surface area contributed by atoms with Crippen LogP contribution in [0.15, 0.2) is 18.2 Å². The first kappa shape index (κ1) is 14.8. The molecule has 0 aromatic heterocycles. The van der Waals surface area contributed by atoms with Crippen molar-refractivity contribution in [3.63, 3.8) is 0 Å². The average Bonchev–Trinajstić information content (AvgIpc) is 2.65. The van der Waals surface area contributed by atoms with E-state index in [0.717, 1.165) is 31.7 Å². The van der Waals surface area contributed by atoms with Gasteiger partial charge in [-0.25, -0.2) is 0 Å². The fraction of sp³-hybridized carbons (Fsp3) is 0.571. The van der Waals surface area contributed by atoms with Gasteiger partial charge in [-0.05, 0) is 37.8 Å². The summed E-state index contributed by atoms with van der Waals surface area (Å²) in [5.74, 6) is -0.0463. The maximum atomic E-state index is 12.3. The quantitative estimate of drug-likeness (QED) is 0.916. The molecule has 2 aliphatic heterocycles. The number of rotatable bonds is 3. The second kappa shape index (κ2) is 5.57. The summed E-state index contributed by atoms with van der Waals surface area (Å²) in [7, 11) is 0. The van der Waals surface area contributed by atoms with E-state index < -0.39 is 6.36 Å². The molecule has 7 heteroatoms. The van der Waals surface area contributed by atoms with Crippen LogP contribution < -0.4 is 14.8 Å². The summed E-state index contributed by atoms with van der Waals surface area (Å²) in [6.45, 7) is 0. The number of fused-ring (bicyclic) bond motifs is 2. The van der Waals surface area contributed by atoms with Crippen LogP contribution in [-0.4, -0.2) is 24.6 Å². The maximum absolute atomic E-state index is 12.3. The third-order valence-electron chi connectivity index (χ3n) is 3.81. The molecule has 1 aromatic rings. The molecular formula is C14H15ClF3NO2. The van der Waals surface area contributed by atoms with Crippen molar-refractivity contribution in [2.24, 2.45) is 0 Å². The van der Waals surface area contributed by atoms with E-state index in [2.05, 4.69) is 10.1 Å². The lowest BCUT2D eigenvalue weighted by Gasteiger charge is -2.29. The molecule has 0 aliphatic carbocycles. The van der Waals surface area contributed by atoms with Crippen molar-refractivity contribution in [1.82, 2.24) is 5.32 Å². The largest absolute Gasteiger partial charge is 0.573 e. The van der Waals surface area contributed by atoms with Crippen molar-refractivity contribution < 1.29 is 22.6 Å². The number of hydrogen-bond donors (Lipinski definition) is 1. The van der Waals surface area contributed by atoms with Gasteiger partial charge in [-0.3, -0.25) is 0 Å². The van der Waals surface area contributed by atoms with Gasteiger partial charge >= 0.3 is 6.36 Å². The summed E-state index contributed by atoms with van der Waals surface area (Å²) < 4.78 is 46.5. The Morgan fingerprint density at radius 1 is 1.05 bits per heavy atom. The Morgan fingerprint density at radius 3 is 2.29 bits per heavy atom. The molecule has 21 heavy (non-hydrogen) atoms. The third kappa shape index (κ3) is 3.95. The minimum Gasteiger partial charge on any atom is -0.490 e. The second-order valence-electron chi connectivity index (χ2n) is 5.52. The van der Waals surface area contributed by atoms with Crippen LogP contribution >= 0.6 is 11.6 Å². The van der Waals surface area contributed by atoms with Gasteiger partial charge in [0.05, 0.1) is 0 Å². The van der Waals surface area contributed by atoms with Crippen molar-refractivity contribution >= 4 is 11.6 Å². The van der Waals surface area contributed by atoms with Crippen molar-refractivity contribution in [2.75, 3.05) is 0 Å². The Balaban J connectivity index is 1.70. The summed E-state index contributed by atoms with van der Waals surface area (Å²) in [4.78, 5) is 0. The van der Waals surface area contributed by atoms with Gasteiger partial charge in [0.25, 0.3) is 0 Å². The topological polar surface area (TPSA) is 30.5 Å². The second-order valence-corrected chi connectivity index (χ2v) is 5.96. The van der Waals surface area contributed by atoms with E-state index in [1.54, 1.807) is 0 Å². The van der Waals surface area contributed by atoms with Crippen molar-refractivity contribution in [2.45, 2.75) is 50.2 Å². The Hall–Kier alpha value is -1.14. The predicted molar refractivity (Wildman–Crippen MR) is 71.7 cm³/mol. The normalized spacial score (nSPS) is 28.5. The molecule has 1 N–H and O–H groups in total. The minimum atomic E-state index is -4.74. The summed E-state index contributed by atoms with van der Waals surface area (Å²) in [6.07, 6.45) is -0.765. The van der Waals surface area contributed by atoms with Gasteiger partial charge in [0.15, 0.2) is 0 Å². The molecule has 0 radical (unpaired) electrons. The fourth-order valence-corrected chi connectivity index (χ4v) is 3.31. The number of piperidine rings is 1. The Labute approximate surface area is 125 Å². The molecule has 2 fully saturated rings. The maximum Gasteiger partial charge on any atom is 0.573 e. The standard InChI is InChI=1S/C14H15ClF3NO2/c15-8-3-11(7-13(4-8)21-14(16,17)18)20-12-5-9-1-2-10(6-12)19-9/h3-4,7,9-10,12,19H,1-2,5-6H2/t9-,10?,12?/m0/s1. The molecule has 2 bridgehead atoms. The van der Waals surface area contributed by atoms with Gasteiger partial charge in [0.2, 0.25) is 0 Å². The lowest BCUT2D eigenvalue weighted by molar-refractivity contribution is -0.274. The van der Waals surface area contributed by atoms with E-state index in [4.69, 9.17) is 16.3 Å². The number of hydrogen-bond acceptors (Lipinski definition) is 3. The van der Waals surface area contributed by atoms with Gasteiger partial charge in [-0.15, -0.1) is 13.2 Å². The average molecular weight is 322 g/mol. The lowest BCUT2D eigenvalue weighted by Crippen LogP contribution is -2.42. The predicted octanol–water partition coefficient (Wildman–Crippen LogP) is 3.90. The monoisotopic (exact) mass is 321 g/mol. The number of nitrogens with one attached hydrogen (secondary N) is 1. The molecule has 0 amide bonds. The summed E-state index contributed by atoms with van der Waals surface area (Å²) in [5.41, 5.74) is 0. The van der Waals surface area contributed by atoms with Crippen LogP contribution in [0.3, 0.4) is 0 Å². The fourth-order valence-electron chi connectivity index (χ4n) is 3.09. The van der Waals surface area contributed by atoms with Gasteiger partial charge in [0.1, 0.15) is 17.6 Å². The van der Waals surface area contributed by atoms with E-state index in [-0.39, 0.29) is 16.9 Å². The lowest BCUT2D eigenvalue weighted by atomic mass is 10.0. The van der Waals surface area contributed by atoms with Crippen LogP contribution in [0.4, 0.5) is 13.2 Å². The van der Waals surface area contributed by atoms with E-state index >= 15 is 0 Å². The zero-order valence-corrected chi connectivity index (χ0v) is 11.9.